The quantitative estimate of drug-likeness (QED) is 0.299. The summed E-state index contributed by atoms with van der Waals surface area (Å²) in [6.07, 6.45) is 0. The van der Waals surface area contributed by atoms with Crippen LogP contribution in [0.5, 0.6) is 0 Å². The summed E-state index contributed by atoms with van der Waals surface area (Å²) in [7, 11) is 0. The number of rotatable bonds is 6. The second-order valence-electron chi connectivity index (χ2n) is 7.02. The Morgan fingerprint density at radius 3 is 2.04 bits per heavy atom. The zero-order valence-electron chi connectivity index (χ0n) is 15.8. The minimum absolute atomic E-state index is 0.686. The summed E-state index contributed by atoms with van der Waals surface area (Å²) in [6.45, 7) is 3.79. The number of aliphatic imine (C=N–C) groups is 1. The van der Waals surface area contributed by atoms with Gasteiger partial charge in [-0.05, 0) is 12.1 Å². The van der Waals surface area contributed by atoms with Crippen LogP contribution in [0.3, 0.4) is 0 Å². The van der Waals surface area contributed by atoms with E-state index in [0.717, 1.165) is 37.7 Å². The minimum atomic E-state index is 0.686. The molecule has 3 aromatic rings. The second kappa shape index (κ2) is 8.91. The Bertz CT molecular complexity index is 967. The van der Waals surface area contributed by atoms with Crippen LogP contribution in [0.2, 0.25) is 0 Å². The lowest BCUT2D eigenvalue weighted by atomic mass is 10.2. The average Bonchev–Trinajstić information content (AvgIpc) is 3.12. The van der Waals surface area contributed by atoms with Gasteiger partial charge in [-0.2, -0.15) is 4.58 Å². The molecule has 0 bridgehead atoms. The summed E-state index contributed by atoms with van der Waals surface area (Å²) in [4.78, 5) is 6.14. The molecule has 4 heteroatoms. The molecule has 0 saturated heterocycles. The van der Waals surface area contributed by atoms with Gasteiger partial charge in [-0.15, -0.1) is 0 Å². The third-order valence-electron chi connectivity index (χ3n) is 5.00. The highest BCUT2D eigenvalue weighted by Gasteiger charge is 2.35. The Morgan fingerprint density at radius 2 is 1.39 bits per heavy atom. The van der Waals surface area contributed by atoms with Crippen molar-refractivity contribution in [2.75, 3.05) is 13.1 Å². The van der Waals surface area contributed by atoms with E-state index in [-0.39, 0.29) is 0 Å². The fraction of sp³-hybridized carbons (Fsp3) is 0.167. The zero-order chi connectivity index (χ0) is 19.2. The molecular weight excluding hydrogens is 362 g/mol. The lowest BCUT2D eigenvalue weighted by Crippen LogP contribution is -3.13. The Morgan fingerprint density at radius 1 is 0.821 bits per heavy atom. The van der Waals surface area contributed by atoms with Gasteiger partial charge in [-0.1, -0.05) is 78.9 Å². The van der Waals surface area contributed by atoms with E-state index in [1.807, 2.05) is 30.3 Å². The zero-order valence-corrected chi connectivity index (χ0v) is 16.6. The lowest BCUT2D eigenvalue weighted by Gasteiger charge is -2.15. The van der Waals surface area contributed by atoms with Crippen LogP contribution in [0.1, 0.15) is 11.1 Å². The fourth-order valence-corrected chi connectivity index (χ4v) is 4.04. The molecule has 3 nitrogen and oxygen atoms in total. The van der Waals surface area contributed by atoms with Crippen LogP contribution in [0.15, 0.2) is 96.0 Å². The van der Waals surface area contributed by atoms with Crippen LogP contribution in [0.25, 0.3) is 0 Å². The molecule has 28 heavy (non-hydrogen) atoms. The predicted octanol–water partition coefficient (Wildman–Crippen LogP) is 2.97. The molecule has 0 saturated carbocycles. The highest BCUT2D eigenvalue weighted by molar-refractivity contribution is 7.80. The van der Waals surface area contributed by atoms with E-state index >= 15 is 0 Å². The van der Waals surface area contributed by atoms with Crippen LogP contribution in [0.4, 0.5) is 5.69 Å². The Labute approximate surface area is 172 Å². The summed E-state index contributed by atoms with van der Waals surface area (Å²) < 4.78 is 2.39. The molecule has 1 aliphatic rings. The molecule has 0 spiro atoms. The molecule has 0 fully saturated rings. The van der Waals surface area contributed by atoms with Crippen LogP contribution in [0, 0.1) is 0 Å². The highest BCUT2D eigenvalue weighted by Crippen LogP contribution is 2.11. The van der Waals surface area contributed by atoms with E-state index in [0.29, 0.717) is 5.04 Å². The molecular formula is C24H24N3S+. The average molecular weight is 387 g/mol. The number of hydrogen-bond donors (Lipinski definition) is 1. The van der Waals surface area contributed by atoms with Gasteiger partial charge in [0.05, 0.1) is 5.69 Å². The van der Waals surface area contributed by atoms with E-state index in [9.17, 15) is 0 Å². The van der Waals surface area contributed by atoms with Gasteiger partial charge >= 0.3 is 5.84 Å². The molecule has 1 N–H and O–H groups in total. The Kier molecular flexibility index (Phi) is 5.90. The maximum atomic E-state index is 5.82. The van der Waals surface area contributed by atoms with Crippen LogP contribution >= 0.6 is 0 Å². The van der Waals surface area contributed by atoms with Crippen molar-refractivity contribution in [2.45, 2.75) is 13.1 Å². The first-order chi connectivity index (χ1) is 13.8. The summed E-state index contributed by atoms with van der Waals surface area (Å²) >= 11 is 5.82. The van der Waals surface area contributed by atoms with Gasteiger partial charge in [0, 0.05) is 16.2 Å². The standard InChI is InChI=1S/C24H23N3S/c28-23(25-22-14-8-3-9-15-22)24-26(18-20-10-4-1-5-11-20)16-17-27(24)19-21-12-6-2-7-13-21/h1-15H,16-19H2/p+1. The first-order valence-electron chi connectivity index (χ1n) is 9.65. The molecule has 4 rings (SSSR count). The normalized spacial score (nSPS) is 17.1. The largest absolute Gasteiger partial charge is 0.748 e. The maximum Gasteiger partial charge on any atom is 0.361 e. The third-order valence-corrected chi connectivity index (χ3v) is 5.29. The Hall–Kier alpha value is -2.82. The Balaban J connectivity index is 1.67. The number of hydrogen-bond acceptors (Lipinski definition) is 2. The van der Waals surface area contributed by atoms with Gasteiger partial charge in [0.1, 0.15) is 13.1 Å². The van der Waals surface area contributed by atoms with Gasteiger partial charge < -0.3 is 12.6 Å². The molecule has 1 atom stereocenters. The van der Waals surface area contributed by atoms with Gasteiger partial charge in [-0.3, -0.25) is 4.99 Å². The maximum absolute atomic E-state index is 5.82. The number of para-hydroxylation sites is 1. The SMILES string of the molecule is [S-]C(=Nc1ccccc1)C1=[N+](Cc2ccccc2)CC[NH+]1Cc1ccccc1. The van der Waals surface area contributed by atoms with E-state index in [4.69, 9.17) is 17.6 Å². The summed E-state index contributed by atoms with van der Waals surface area (Å²) in [5, 5.41) is 0.686. The minimum Gasteiger partial charge on any atom is -0.748 e. The van der Waals surface area contributed by atoms with E-state index in [2.05, 4.69) is 65.2 Å². The van der Waals surface area contributed by atoms with Crippen molar-refractivity contribution >= 4 is 29.2 Å². The van der Waals surface area contributed by atoms with Crippen molar-refractivity contribution in [1.82, 2.24) is 0 Å². The van der Waals surface area contributed by atoms with Crippen molar-refractivity contribution in [3.05, 3.63) is 102 Å². The molecule has 140 valence electrons. The number of nitrogens with one attached hydrogen (secondary N) is 1. The molecule has 0 aliphatic carbocycles. The molecule has 1 aliphatic heterocycles. The first kappa shape index (κ1) is 18.5. The van der Waals surface area contributed by atoms with E-state index < -0.39 is 0 Å². The van der Waals surface area contributed by atoms with Crippen molar-refractivity contribution in [1.29, 1.82) is 0 Å². The van der Waals surface area contributed by atoms with Gasteiger partial charge in [-0.25, -0.2) is 4.90 Å². The van der Waals surface area contributed by atoms with E-state index in [1.165, 1.54) is 16.0 Å². The molecule has 0 aromatic heterocycles. The monoisotopic (exact) mass is 386 g/mol. The van der Waals surface area contributed by atoms with Gasteiger partial charge in [0.2, 0.25) is 0 Å². The lowest BCUT2D eigenvalue weighted by molar-refractivity contribution is -0.813. The molecule has 0 amide bonds. The number of benzene rings is 3. The summed E-state index contributed by atoms with van der Waals surface area (Å²) in [6, 6.07) is 31.2. The van der Waals surface area contributed by atoms with Crippen molar-refractivity contribution in [2.24, 2.45) is 4.99 Å². The third kappa shape index (κ3) is 4.53. The molecule has 3 aromatic carbocycles. The molecule has 1 unspecified atom stereocenters. The molecule has 0 radical (unpaired) electrons. The topological polar surface area (TPSA) is 19.8 Å². The second-order valence-corrected chi connectivity index (χ2v) is 7.41. The van der Waals surface area contributed by atoms with E-state index in [1.54, 1.807) is 0 Å². The molecule has 1 heterocycles. The smallest absolute Gasteiger partial charge is 0.361 e. The van der Waals surface area contributed by atoms with Crippen LogP contribution in [-0.2, 0) is 25.7 Å². The first-order valence-corrected chi connectivity index (χ1v) is 10.1. The summed E-state index contributed by atoms with van der Waals surface area (Å²) in [5.41, 5.74) is 3.52. The number of quaternary nitrogens is 1. The van der Waals surface area contributed by atoms with Crippen LogP contribution < -0.4 is 4.90 Å². The van der Waals surface area contributed by atoms with Crippen molar-refractivity contribution in [3.63, 3.8) is 0 Å². The summed E-state index contributed by atoms with van der Waals surface area (Å²) in [5.74, 6) is 1.13. The van der Waals surface area contributed by atoms with Gasteiger partial charge in [0.25, 0.3) is 0 Å². The van der Waals surface area contributed by atoms with Crippen molar-refractivity contribution < 1.29 is 9.48 Å². The highest BCUT2D eigenvalue weighted by atomic mass is 32.1. The van der Waals surface area contributed by atoms with Crippen LogP contribution in [-0.4, -0.2) is 28.5 Å². The number of amidine groups is 1. The predicted molar refractivity (Wildman–Crippen MR) is 117 cm³/mol. The van der Waals surface area contributed by atoms with Gasteiger partial charge in [0.15, 0.2) is 13.1 Å². The number of nitrogens with zero attached hydrogens (tertiary/aromatic N) is 2. The fourth-order valence-electron chi connectivity index (χ4n) is 3.66. The van der Waals surface area contributed by atoms with Crippen molar-refractivity contribution in [3.8, 4) is 0 Å².